The fourth-order valence-electron chi connectivity index (χ4n) is 3.93. The summed E-state index contributed by atoms with van der Waals surface area (Å²) < 4.78 is 11.2. The first-order valence-corrected chi connectivity index (χ1v) is 10.9. The van der Waals surface area contributed by atoms with Gasteiger partial charge in [0.25, 0.3) is 0 Å². The third-order valence-corrected chi connectivity index (χ3v) is 5.33. The highest BCUT2D eigenvalue weighted by atomic mass is 16.6. The van der Waals surface area contributed by atoms with Crippen LogP contribution in [0.1, 0.15) is 56.8 Å². The molecule has 3 rings (SSSR count). The van der Waals surface area contributed by atoms with Gasteiger partial charge in [0.1, 0.15) is 5.60 Å². The molecule has 0 saturated carbocycles. The Morgan fingerprint density at radius 3 is 2.81 bits per heavy atom. The molecule has 1 aliphatic heterocycles. The summed E-state index contributed by atoms with van der Waals surface area (Å²) in [6, 6.07) is 5.48. The number of aromatic nitrogens is 1. The van der Waals surface area contributed by atoms with Crippen LogP contribution in [0.25, 0.3) is 10.8 Å². The lowest BCUT2D eigenvalue weighted by Gasteiger charge is -2.34. The van der Waals surface area contributed by atoms with Gasteiger partial charge in [-0.1, -0.05) is 6.07 Å². The molecule has 1 amide bonds. The number of hydrogen-bond donors (Lipinski definition) is 1. The maximum absolute atomic E-state index is 11.8. The van der Waals surface area contributed by atoms with E-state index in [2.05, 4.69) is 9.88 Å². The second-order valence-electron chi connectivity index (χ2n) is 9.18. The highest BCUT2D eigenvalue weighted by Crippen LogP contribution is 2.30. The number of nitrogens with zero attached hydrogens (tertiary/aromatic N) is 2. The summed E-state index contributed by atoms with van der Waals surface area (Å²) in [4.78, 5) is 30.1. The summed E-state index contributed by atoms with van der Waals surface area (Å²) in [5, 5.41) is 1.98. The lowest BCUT2D eigenvalue weighted by Crippen LogP contribution is -2.37. The minimum absolute atomic E-state index is 0.182. The first kappa shape index (κ1) is 23.0. The third-order valence-electron chi connectivity index (χ3n) is 5.33. The predicted octanol–water partition coefficient (Wildman–Crippen LogP) is 3.69. The van der Waals surface area contributed by atoms with E-state index in [0.29, 0.717) is 37.5 Å². The first-order chi connectivity index (χ1) is 14.7. The van der Waals surface area contributed by atoms with E-state index in [0.717, 1.165) is 42.4 Å². The summed E-state index contributed by atoms with van der Waals surface area (Å²) in [5.41, 5.74) is 6.55. The molecular formula is C24H33N3O4. The lowest BCUT2D eigenvalue weighted by molar-refractivity contribution is -0.155. The van der Waals surface area contributed by atoms with Crippen LogP contribution in [0.2, 0.25) is 0 Å². The van der Waals surface area contributed by atoms with Crippen molar-refractivity contribution in [1.82, 2.24) is 4.98 Å². The number of pyridine rings is 1. The van der Waals surface area contributed by atoms with Crippen molar-refractivity contribution in [2.45, 2.75) is 52.1 Å². The van der Waals surface area contributed by atoms with Gasteiger partial charge in [0, 0.05) is 48.6 Å². The zero-order valence-corrected chi connectivity index (χ0v) is 18.7. The largest absolute Gasteiger partial charge is 0.460 e. The number of rotatable bonds is 8. The van der Waals surface area contributed by atoms with Crippen LogP contribution in [0, 0.1) is 5.92 Å². The Balaban J connectivity index is 1.53. The normalized spacial score (nSPS) is 17.0. The Morgan fingerprint density at radius 1 is 1.26 bits per heavy atom. The summed E-state index contributed by atoms with van der Waals surface area (Å²) >= 11 is 0. The molecular weight excluding hydrogens is 394 g/mol. The van der Waals surface area contributed by atoms with Crippen LogP contribution in [-0.4, -0.2) is 48.8 Å². The fourth-order valence-corrected chi connectivity index (χ4v) is 3.93. The van der Waals surface area contributed by atoms with Gasteiger partial charge in [0.15, 0.2) is 0 Å². The predicted molar refractivity (Wildman–Crippen MR) is 121 cm³/mol. The summed E-state index contributed by atoms with van der Waals surface area (Å²) in [6.07, 6.45) is 6.87. The Kier molecular flexibility index (Phi) is 7.49. The van der Waals surface area contributed by atoms with Crippen LogP contribution in [0.15, 0.2) is 30.6 Å². The van der Waals surface area contributed by atoms with Gasteiger partial charge in [-0.3, -0.25) is 14.6 Å². The molecule has 1 aromatic heterocycles. The molecule has 2 N–H and O–H groups in total. The van der Waals surface area contributed by atoms with Gasteiger partial charge in [0.05, 0.1) is 18.5 Å². The van der Waals surface area contributed by atoms with Crippen molar-refractivity contribution in [2.75, 3.05) is 31.2 Å². The zero-order valence-electron chi connectivity index (χ0n) is 18.7. The van der Waals surface area contributed by atoms with Crippen molar-refractivity contribution in [2.24, 2.45) is 11.7 Å². The molecule has 168 valence electrons. The van der Waals surface area contributed by atoms with E-state index in [9.17, 15) is 9.59 Å². The summed E-state index contributed by atoms with van der Waals surface area (Å²) in [5.74, 6) is -0.204. The van der Waals surface area contributed by atoms with Gasteiger partial charge in [-0.05, 0) is 58.1 Å². The number of ether oxygens (including phenoxy) is 2. The van der Waals surface area contributed by atoms with E-state index in [1.54, 1.807) is 12.3 Å². The fraction of sp³-hybridized carbons (Fsp3) is 0.542. The van der Waals surface area contributed by atoms with Gasteiger partial charge in [0.2, 0.25) is 5.91 Å². The van der Waals surface area contributed by atoms with Gasteiger partial charge in [-0.2, -0.15) is 0 Å². The van der Waals surface area contributed by atoms with Crippen molar-refractivity contribution < 1.29 is 19.1 Å². The number of esters is 1. The minimum atomic E-state index is -0.446. The standard InChI is InChI=1S/C24H33N3O4/c1-24(2,3)31-22(28)7-5-11-30-16-17-6-4-10-27(15-17)21-14-26-13-19-9-8-18(23(25)29)12-20(19)21/h8-9,12-14,17H,4-7,10-11,15-16H2,1-3H3,(H2,25,29). The molecule has 7 heteroatoms. The van der Waals surface area contributed by atoms with Crippen LogP contribution < -0.4 is 10.6 Å². The van der Waals surface area contributed by atoms with E-state index in [1.807, 2.05) is 39.1 Å². The quantitative estimate of drug-likeness (QED) is 0.510. The Bertz CT molecular complexity index is 923. The number of piperidine rings is 1. The molecule has 1 aromatic carbocycles. The van der Waals surface area contributed by atoms with Gasteiger partial charge in [-0.15, -0.1) is 0 Å². The number of amides is 1. The molecule has 0 bridgehead atoms. The Hall–Kier alpha value is -2.67. The monoisotopic (exact) mass is 427 g/mol. The average Bonchev–Trinajstić information content (AvgIpc) is 2.71. The molecule has 0 radical (unpaired) electrons. The van der Waals surface area contributed by atoms with Crippen LogP contribution >= 0.6 is 0 Å². The molecule has 1 aliphatic rings. The number of fused-ring (bicyclic) bond motifs is 1. The van der Waals surface area contributed by atoms with Gasteiger partial charge < -0.3 is 20.1 Å². The first-order valence-electron chi connectivity index (χ1n) is 10.9. The molecule has 0 spiro atoms. The number of benzene rings is 1. The average molecular weight is 428 g/mol. The summed E-state index contributed by atoms with van der Waals surface area (Å²) in [7, 11) is 0. The Morgan fingerprint density at radius 2 is 2.06 bits per heavy atom. The molecule has 1 saturated heterocycles. The van der Waals surface area contributed by atoms with E-state index < -0.39 is 11.5 Å². The lowest BCUT2D eigenvalue weighted by atomic mass is 9.97. The van der Waals surface area contributed by atoms with Crippen LogP contribution in [0.3, 0.4) is 0 Å². The van der Waals surface area contributed by atoms with E-state index >= 15 is 0 Å². The molecule has 7 nitrogen and oxygen atoms in total. The smallest absolute Gasteiger partial charge is 0.306 e. The van der Waals surface area contributed by atoms with E-state index in [4.69, 9.17) is 15.2 Å². The van der Waals surface area contributed by atoms with E-state index in [-0.39, 0.29) is 5.97 Å². The van der Waals surface area contributed by atoms with Gasteiger partial charge in [-0.25, -0.2) is 0 Å². The maximum atomic E-state index is 11.8. The maximum Gasteiger partial charge on any atom is 0.306 e. The second-order valence-corrected chi connectivity index (χ2v) is 9.18. The SMILES string of the molecule is CC(C)(C)OC(=O)CCCOCC1CCCN(c2cncc3ccc(C(N)=O)cc23)C1. The highest BCUT2D eigenvalue weighted by Gasteiger charge is 2.22. The Labute approximate surface area is 183 Å². The van der Waals surface area contributed by atoms with Crippen molar-refractivity contribution in [3.05, 3.63) is 36.2 Å². The highest BCUT2D eigenvalue weighted by molar-refractivity contribution is 6.01. The summed E-state index contributed by atoms with van der Waals surface area (Å²) in [6.45, 7) is 8.64. The third kappa shape index (κ3) is 6.66. The topological polar surface area (TPSA) is 94.8 Å². The molecule has 1 atom stereocenters. The van der Waals surface area contributed by atoms with Gasteiger partial charge >= 0.3 is 5.97 Å². The van der Waals surface area contributed by atoms with Crippen molar-refractivity contribution >= 4 is 28.3 Å². The number of carbonyl (C=O) groups is 2. The van der Waals surface area contributed by atoms with E-state index in [1.165, 1.54) is 0 Å². The minimum Gasteiger partial charge on any atom is -0.460 e. The molecule has 0 aliphatic carbocycles. The molecule has 2 aromatic rings. The number of carbonyl (C=O) groups excluding carboxylic acids is 2. The molecule has 31 heavy (non-hydrogen) atoms. The molecule has 1 unspecified atom stereocenters. The molecule has 2 heterocycles. The van der Waals surface area contributed by atoms with Crippen LogP contribution in [-0.2, 0) is 14.3 Å². The number of nitrogens with two attached hydrogens (primary N) is 1. The number of anilines is 1. The zero-order chi connectivity index (χ0) is 22.4. The van der Waals surface area contributed by atoms with Crippen molar-refractivity contribution in [3.8, 4) is 0 Å². The molecule has 1 fully saturated rings. The number of hydrogen-bond acceptors (Lipinski definition) is 6. The van der Waals surface area contributed by atoms with Crippen LogP contribution in [0.5, 0.6) is 0 Å². The number of primary amides is 1. The second kappa shape index (κ2) is 10.1. The van der Waals surface area contributed by atoms with Crippen LogP contribution in [0.4, 0.5) is 5.69 Å². The van der Waals surface area contributed by atoms with Crippen molar-refractivity contribution in [3.63, 3.8) is 0 Å². The van der Waals surface area contributed by atoms with Crippen molar-refractivity contribution in [1.29, 1.82) is 0 Å².